The molecule has 1 aromatic carbocycles. The molecule has 134 valence electrons. The minimum Gasteiger partial charge on any atom is -0.472 e. The largest absolute Gasteiger partial charge is 0.472 e. The third kappa shape index (κ3) is 3.15. The lowest BCUT2D eigenvalue weighted by Crippen LogP contribution is -2.18. The van der Waals surface area contributed by atoms with Crippen LogP contribution in [-0.2, 0) is 4.79 Å². The summed E-state index contributed by atoms with van der Waals surface area (Å²) >= 11 is 0. The SMILES string of the molecule is CC(N)=C(C(=O)Nc1ccc2[nH]nc(-c3ccoc3)c2c1)c1cnccn1. The molecule has 0 atom stereocenters. The molecule has 0 aliphatic heterocycles. The molecule has 0 fully saturated rings. The van der Waals surface area contributed by atoms with Crippen LogP contribution in [0.2, 0.25) is 0 Å². The van der Waals surface area contributed by atoms with Gasteiger partial charge in [0.05, 0.1) is 35.5 Å². The van der Waals surface area contributed by atoms with E-state index in [0.29, 0.717) is 17.1 Å². The molecule has 8 heteroatoms. The zero-order valence-electron chi connectivity index (χ0n) is 14.4. The molecule has 0 aliphatic rings. The number of benzene rings is 1. The Labute approximate surface area is 154 Å². The fourth-order valence-corrected chi connectivity index (χ4v) is 2.83. The van der Waals surface area contributed by atoms with Gasteiger partial charge in [-0.1, -0.05) is 0 Å². The summed E-state index contributed by atoms with van der Waals surface area (Å²) in [6.07, 6.45) is 7.76. The maximum atomic E-state index is 12.8. The first-order valence-electron chi connectivity index (χ1n) is 8.18. The van der Waals surface area contributed by atoms with Gasteiger partial charge < -0.3 is 15.5 Å². The van der Waals surface area contributed by atoms with Crippen molar-refractivity contribution in [1.29, 1.82) is 0 Å². The molecular formula is C19H16N6O2. The van der Waals surface area contributed by atoms with E-state index in [2.05, 4.69) is 25.5 Å². The summed E-state index contributed by atoms with van der Waals surface area (Å²) in [5.41, 5.74) is 10.0. The Morgan fingerprint density at radius 1 is 1.26 bits per heavy atom. The number of nitrogens with zero attached hydrogens (tertiary/aromatic N) is 3. The monoisotopic (exact) mass is 360 g/mol. The molecule has 0 radical (unpaired) electrons. The molecule has 3 aromatic heterocycles. The van der Waals surface area contributed by atoms with E-state index in [9.17, 15) is 4.79 Å². The summed E-state index contributed by atoms with van der Waals surface area (Å²) < 4.78 is 5.13. The Hall–Kier alpha value is -3.94. The molecule has 0 saturated carbocycles. The topological polar surface area (TPSA) is 123 Å². The van der Waals surface area contributed by atoms with Gasteiger partial charge in [-0.15, -0.1) is 0 Å². The number of hydrogen-bond acceptors (Lipinski definition) is 6. The van der Waals surface area contributed by atoms with Gasteiger partial charge in [-0.3, -0.25) is 19.9 Å². The number of aromatic nitrogens is 4. The van der Waals surface area contributed by atoms with Crippen LogP contribution < -0.4 is 11.1 Å². The standard InChI is InChI=1S/C19H16N6O2/c1-11(20)17(16-9-21-5-6-22-16)19(26)23-13-2-3-15-14(8-13)18(25-24-15)12-4-7-27-10-12/h2-10H,20H2,1H3,(H,23,26)(H,24,25). The Morgan fingerprint density at radius 3 is 2.85 bits per heavy atom. The van der Waals surface area contributed by atoms with Gasteiger partial charge in [0.2, 0.25) is 0 Å². The van der Waals surface area contributed by atoms with Crippen LogP contribution in [0.5, 0.6) is 0 Å². The number of nitrogens with one attached hydrogen (secondary N) is 2. The highest BCUT2D eigenvalue weighted by molar-refractivity contribution is 6.25. The molecule has 4 aromatic rings. The summed E-state index contributed by atoms with van der Waals surface area (Å²) in [6.45, 7) is 1.65. The van der Waals surface area contributed by atoms with E-state index >= 15 is 0 Å². The van der Waals surface area contributed by atoms with Gasteiger partial charge in [-0.05, 0) is 31.2 Å². The van der Waals surface area contributed by atoms with Gasteiger partial charge in [-0.25, -0.2) is 0 Å². The van der Waals surface area contributed by atoms with Crippen molar-refractivity contribution < 1.29 is 9.21 Å². The van der Waals surface area contributed by atoms with Crippen molar-refractivity contribution in [3.63, 3.8) is 0 Å². The number of fused-ring (bicyclic) bond motifs is 1. The third-order valence-electron chi connectivity index (χ3n) is 4.06. The number of anilines is 1. The van der Waals surface area contributed by atoms with Gasteiger partial charge in [0.25, 0.3) is 5.91 Å². The normalized spacial score (nSPS) is 12.0. The summed E-state index contributed by atoms with van der Waals surface area (Å²) in [5, 5.41) is 11.0. The molecule has 0 saturated heterocycles. The van der Waals surface area contributed by atoms with Crippen LogP contribution in [0.25, 0.3) is 27.7 Å². The molecule has 0 spiro atoms. The third-order valence-corrected chi connectivity index (χ3v) is 4.06. The number of carbonyl (C=O) groups is 1. The van der Waals surface area contributed by atoms with E-state index in [1.54, 1.807) is 25.5 Å². The molecule has 27 heavy (non-hydrogen) atoms. The number of allylic oxidation sites excluding steroid dienone is 1. The lowest BCUT2D eigenvalue weighted by Gasteiger charge is -2.10. The van der Waals surface area contributed by atoms with E-state index in [1.807, 2.05) is 18.2 Å². The lowest BCUT2D eigenvalue weighted by atomic mass is 10.1. The lowest BCUT2D eigenvalue weighted by molar-refractivity contribution is -0.111. The Kier molecular flexibility index (Phi) is 4.13. The van der Waals surface area contributed by atoms with E-state index in [1.165, 1.54) is 18.6 Å². The van der Waals surface area contributed by atoms with Crippen molar-refractivity contribution in [2.24, 2.45) is 5.73 Å². The van der Waals surface area contributed by atoms with E-state index in [0.717, 1.165) is 22.2 Å². The number of carbonyl (C=O) groups excluding carboxylic acids is 1. The molecule has 1 amide bonds. The Morgan fingerprint density at radius 2 is 2.15 bits per heavy atom. The smallest absolute Gasteiger partial charge is 0.259 e. The summed E-state index contributed by atoms with van der Waals surface area (Å²) in [6, 6.07) is 7.31. The minimum atomic E-state index is -0.358. The van der Waals surface area contributed by atoms with Gasteiger partial charge in [-0.2, -0.15) is 5.10 Å². The number of nitrogens with two attached hydrogens (primary N) is 1. The average Bonchev–Trinajstić information content (AvgIpc) is 3.31. The zero-order valence-corrected chi connectivity index (χ0v) is 14.4. The average molecular weight is 360 g/mol. The van der Waals surface area contributed by atoms with E-state index in [-0.39, 0.29) is 11.5 Å². The number of aromatic amines is 1. The van der Waals surface area contributed by atoms with Crippen molar-refractivity contribution in [1.82, 2.24) is 20.2 Å². The molecule has 3 heterocycles. The second-order valence-electron chi connectivity index (χ2n) is 5.95. The first-order valence-corrected chi connectivity index (χ1v) is 8.18. The minimum absolute atomic E-state index is 0.283. The quantitative estimate of drug-likeness (QED) is 0.481. The molecule has 0 aliphatic carbocycles. The first kappa shape index (κ1) is 16.5. The summed E-state index contributed by atoms with van der Waals surface area (Å²) in [4.78, 5) is 21.0. The first-order chi connectivity index (χ1) is 13.1. The highest BCUT2D eigenvalue weighted by atomic mass is 16.3. The maximum Gasteiger partial charge on any atom is 0.259 e. The van der Waals surface area contributed by atoms with Crippen molar-refractivity contribution >= 4 is 28.1 Å². The second kappa shape index (κ2) is 6.75. The van der Waals surface area contributed by atoms with E-state index < -0.39 is 0 Å². The van der Waals surface area contributed by atoms with Gasteiger partial charge in [0.15, 0.2) is 0 Å². The molecular weight excluding hydrogens is 344 g/mol. The predicted octanol–water partition coefficient (Wildman–Crippen LogP) is 2.94. The molecule has 4 rings (SSSR count). The van der Waals surface area contributed by atoms with Crippen LogP contribution in [0, 0.1) is 0 Å². The number of rotatable bonds is 4. The van der Waals surface area contributed by atoms with Crippen LogP contribution in [-0.4, -0.2) is 26.1 Å². The predicted molar refractivity (Wildman–Crippen MR) is 101 cm³/mol. The van der Waals surface area contributed by atoms with Crippen molar-refractivity contribution in [2.45, 2.75) is 6.92 Å². The number of furan rings is 1. The van der Waals surface area contributed by atoms with Crippen LogP contribution in [0.3, 0.4) is 0 Å². The highest BCUT2D eigenvalue weighted by Gasteiger charge is 2.17. The molecule has 0 bridgehead atoms. The fraction of sp³-hybridized carbons (Fsp3) is 0.0526. The van der Waals surface area contributed by atoms with Crippen LogP contribution in [0.1, 0.15) is 12.6 Å². The maximum absolute atomic E-state index is 12.8. The van der Waals surface area contributed by atoms with Crippen LogP contribution in [0.4, 0.5) is 5.69 Å². The van der Waals surface area contributed by atoms with Crippen LogP contribution >= 0.6 is 0 Å². The van der Waals surface area contributed by atoms with Crippen molar-refractivity contribution in [3.8, 4) is 11.3 Å². The molecule has 0 unspecified atom stereocenters. The second-order valence-corrected chi connectivity index (χ2v) is 5.95. The zero-order chi connectivity index (χ0) is 18.8. The number of amides is 1. The Bertz CT molecular complexity index is 1130. The van der Waals surface area contributed by atoms with Gasteiger partial charge in [0.1, 0.15) is 5.69 Å². The molecule has 4 N–H and O–H groups in total. The van der Waals surface area contributed by atoms with E-state index in [4.69, 9.17) is 10.2 Å². The number of hydrogen-bond donors (Lipinski definition) is 3. The Balaban J connectivity index is 1.68. The fourth-order valence-electron chi connectivity index (χ4n) is 2.83. The van der Waals surface area contributed by atoms with Crippen LogP contribution in [0.15, 0.2) is 65.5 Å². The van der Waals surface area contributed by atoms with Crippen molar-refractivity contribution in [3.05, 3.63) is 66.8 Å². The summed E-state index contributed by atoms with van der Waals surface area (Å²) in [5.74, 6) is -0.358. The summed E-state index contributed by atoms with van der Waals surface area (Å²) in [7, 11) is 0. The van der Waals surface area contributed by atoms with Crippen molar-refractivity contribution in [2.75, 3.05) is 5.32 Å². The molecule has 8 nitrogen and oxygen atoms in total. The highest BCUT2D eigenvalue weighted by Crippen LogP contribution is 2.29. The van der Waals surface area contributed by atoms with Gasteiger partial charge in [0, 0.05) is 34.7 Å². The number of H-pyrrole nitrogens is 1. The van der Waals surface area contributed by atoms with Gasteiger partial charge >= 0.3 is 0 Å².